The highest BCUT2D eigenvalue weighted by molar-refractivity contribution is 5.71. The molecule has 1 aliphatic heterocycles. The van der Waals surface area contributed by atoms with Crippen LogP contribution in [0.5, 0.6) is 0 Å². The first kappa shape index (κ1) is 17.2. The van der Waals surface area contributed by atoms with Crippen LogP contribution in [0.25, 0.3) is 5.57 Å². The summed E-state index contributed by atoms with van der Waals surface area (Å²) in [6.07, 6.45) is -1.14. The number of carbonyl (C=O) groups excluding carboxylic acids is 1. The first-order valence-electron chi connectivity index (χ1n) is 7.13. The van der Waals surface area contributed by atoms with E-state index in [1.807, 2.05) is 0 Å². The van der Waals surface area contributed by atoms with E-state index in [2.05, 4.69) is 9.97 Å². The summed E-state index contributed by atoms with van der Waals surface area (Å²) in [7, 11) is 0. The van der Waals surface area contributed by atoms with Crippen molar-refractivity contribution in [3.05, 3.63) is 29.9 Å². The molecule has 0 spiro atoms. The van der Waals surface area contributed by atoms with Gasteiger partial charge in [-0.3, -0.25) is 0 Å². The largest absolute Gasteiger partial charge is 0.444 e. The minimum absolute atomic E-state index is 0.252. The Hall–Kier alpha value is -2.12. The second-order valence-electron chi connectivity index (χ2n) is 6.20. The molecule has 1 aromatic heterocycles. The Kier molecular flexibility index (Phi) is 4.63. The quantitative estimate of drug-likeness (QED) is 0.791. The Morgan fingerprint density at radius 3 is 2.26 bits per heavy atom. The molecule has 0 atom stereocenters. The zero-order valence-electron chi connectivity index (χ0n) is 13.1. The van der Waals surface area contributed by atoms with Crippen LogP contribution in [0.1, 0.15) is 38.6 Å². The van der Waals surface area contributed by atoms with Crippen molar-refractivity contribution in [2.75, 3.05) is 13.1 Å². The van der Waals surface area contributed by atoms with Gasteiger partial charge in [-0.05, 0) is 32.8 Å². The van der Waals surface area contributed by atoms with Crippen LogP contribution in [0.3, 0.4) is 0 Å². The maximum absolute atomic E-state index is 12.5. The van der Waals surface area contributed by atoms with Gasteiger partial charge in [0.05, 0.1) is 5.56 Å². The predicted molar refractivity (Wildman–Crippen MR) is 77.4 cm³/mol. The van der Waals surface area contributed by atoms with Gasteiger partial charge in [0.15, 0.2) is 5.82 Å². The van der Waals surface area contributed by atoms with E-state index in [-0.39, 0.29) is 5.82 Å². The van der Waals surface area contributed by atoms with Gasteiger partial charge in [0.25, 0.3) is 0 Å². The molecule has 5 nitrogen and oxygen atoms in total. The van der Waals surface area contributed by atoms with Crippen LogP contribution < -0.4 is 0 Å². The zero-order chi connectivity index (χ0) is 17.3. The van der Waals surface area contributed by atoms with Crippen molar-refractivity contribution in [1.82, 2.24) is 14.9 Å². The molecule has 126 valence electrons. The first-order chi connectivity index (χ1) is 10.6. The number of ether oxygens (including phenoxy) is 1. The SMILES string of the molecule is CC(C)(C)OC(=O)N1CC=C(c2ncc(C(F)(F)F)cn2)CC1. The van der Waals surface area contributed by atoms with E-state index in [9.17, 15) is 18.0 Å². The van der Waals surface area contributed by atoms with Gasteiger partial charge in [-0.2, -0.15) is 13.2 Å². The summed E-state index contributed by atoms with van der Waals surface area (Å²) in [5.41, 5.74) is -0.732. The molecule has 0 N–H and O–H groups in total. The van der Waals surface area contributed by atoms with Crippen molar-refractivity contribution in [3.8, 4) is 0 Å². The lowest BCUT2D eigenvalue weighted by molar-refractivity contribution is -0.138. The van der Waals surface area contributed by atoms with E-state index < -0.39 is 23.4 Å². The lowest BCUT2D eigenvalue weighted by Crippen LogP contribution is -2.39. The summed E-state index contributed by atoms with van der Waals surface area (Å²) in [4.78, 5) is 21.0. The lowest BCUT2D eigenvalue weighted by atomic mass is 10.1. The van der Waals surface area contributed by atoms with Crippen molar-refractivity contribution in [2.24, 2.45) is 0 Å². The molecule has 1 aliphatic rings. The standard InChI is InChI=1S/C15H18F3N3O2/c1-14(2,3)23-13(22)21-6-4-10(5-7-21)12-19-8-11(9-20-12)15(16,17)18/h4,8-9H,5-7H2,1-3H3. The Bertz CT molecular complexity index is 604. The van der Waals surface area contributed by atoms with Gasteiger partial charge in [0.1, 0.15) is 5.60 Å². The molecule has 2 heterocycles. The Balaban J connectivity index is 2.03. The van der Waals surface area contributed by atoms with Crippen LogP contribution in [0.4, 0.5) is 18.0 Å². The summed E-state index contributed by atoms with van der Waals surface area (Å²) >= 11 is 0. The molecular weight excluding hydrogens is 311 g/mol. The van der Waals surface area contributed by atoms with E-state index >= 15 is 0 Å². The van der Waals surface area contributed by atoms with Gasteiger partial charge in [-0.25, -0.2) is 14.8 Å². The summed E-state index contributed by atoms with van der Waals surface area (Å²) in [6, 6.07) is 0. The topological polar surface area (TPSA) is 55.3 Å². The van der Waals surface area contributed by atoms with Gasteiger partial charge in [0, 0.05) is 25.5 Å². The first-order valence-corrected chi connectivity index (χ1v) is 7.13. The van der Waals surface area contributed by atoms with Crippen LogP contribution in [0, 0.1) is 0 Å². The summed E-state index contributed by atoms with van der Waals surface area (Å²) < 4.78 is 42.7. The molecule has 2 rings (SSSR count). The molecule has 0 unspecified atom stereocenters. The van der Waals surface area contributed by atoms with Crippen LogP contribution in [-0.4, -0.2) is 39.7 Å². The summed E-state index contributed by atoms with van der Waals surface area (Å²) in [5, 5.41) is 0. The van der Waals surface area contributed by atoms with E-state index in [1.54, 1.807) is 26.8 Å². The van der Waals surface area contributed by atoms with E-state index in [0.29, 0.717) is 19.5 Å². The highest BCUT2D eigenvalue weighted by Crippen LogP contribution is 2.29. The van der Waals surface area contributed by atoms with Crippen LogP contribution in [0.2, 0.25) is 0 Å². The molecule has 1 aromatic rings. The third-order valence-corrected chi connectivity index (χ3v) is 3.13. The van der Waals surface area contributed by atoms with Gasteiger partial charge < -0.3 is 9.64 Å². The van der Waals surface area contributed by atoms with Crippen molar-refractivity contribution in [1.29, 1.82) is 0 Å². The number of nitrogens with zero attached hydrogens (tertiary/aromatic N) is 3. The molecular formula is C15H18F3N3O2. The number of alkyl halides is 3. The number of rotatable bonds is 1. The molecule has 23 heavy (non-hydrogen) atoms. The highest BCUT2D eigenvalue weighted by Gasteiger charge is 2.31. The van der Waals surface area contributed by atoms with E-state index in [0.717, 1.165) is 18.0 Å². The van der Waals surface area contributed by atoms with Crippen LogP contribution in [-0.2, 0) is 10.9 Å². The number of halogens is 3. The smallest absolute Gasteiger partial charge is 0.419 e. The van der Waals surface area contributed by atoms with Crippen molar-refractivity contribution >= 4 is 11.7 Å². The van der Waals surface area contributed by atoms with Crippen molar-refractivity contribution < 1.29 is 22.7 Å². The summed E-state index contributed by atoms with van der Waals surface area (Å²) in [5.74, 6) is 0.252. The molecule has 0 radical (unpaired) electrons. The Labute approximate surface area is 132 Å². The zero-order valence-corrected chi connectivity index (χ0v) is 13.1. The third kappa shape index (κ3) is 4.67. The minimum Gasteiger partial charge on any atom is -0.444 e. The fourth-order valence-electron chi connectivity index (χ4n) is 2.00. The number of hydrogen-bond acceptors (Lipinski definition) is 4. The van der Waals surface area contributed by atoms with E-state index in [4.69, 9.17) is 4.74 Å². The van der Waals surface area contributed by atoms with Crippen LogP contribution >= 0.6 is 0 Å². The maximum Gasteiger partial charge on any atom is 0.419 e. The molecule has 0 saturated carbocycles. The van der Waals surface area contributed by atoms with Gasteiger partial charge >= 0.3 is 12.3 Å². The normalized spacial score (nSPS) is 16.1. The van der Waals surface area contributed by atoms with Gasteiger partial charge in [-0.1, -0.05) is 6.08 Å². The molecule has 0 aromatic carbocycles. The second-order valence-corrected chi connectivity index (χ2v) is 6.20. The van der Waals surface area contributed by atoms with Gasteiger partial charge in [-0.15, -0.1) is 0 Å². The molecule has 1 amide bonds. The third-order valence-electron chi connectivity index (χ3n) is 3.13. The fourth-order valence-corrected chi connectivity index (χ4v) is 2.00. The Morgan fingerprint density at radius 2 is 1.83 bits per heavy atom. The maximum atomic E-state index is 12.5. The predicted octanol–water partition coefficient (Wildman–Crippen LogP) is 3.52. The average molecular weight is 329 g/mol. The minimum atomic E-state index is -4.45. The fraction of sp³-hybridized carbons (Fsp3) is 0.533. The van der Waals surface area contributed by atoms with Crippen LogP contribution in [0.15, 0.2) is 18.5 Å². The van der Waals surface area contributed by atoms with Crippen molar-refractivity contribution in [2.45, 2.75) is 39.0 Å². The Morgan fingerprint density at radius 1 is 1.22 bits per heavy atom. The molecule has 0 saturated heterocycles. The van der Waals surface area contributed by atoms with Crippen molar-refractivity contribution in [3.63, 3.8) is 0 Å². The molecule has 0 aliphatic carbocycles. The number of carbonyl (C=O) groups is 1. The lowest BCUT2D eigenvalue weighted by Gasteiger charge is -2.29. The number of hydrogen-bond donors (Lipinski definition) is 0. The number of aromatic nitrogens is 2. The monoisotopic (exact) mass is 329 g/mol. The average Bonchev–Trinajstić information content (AvgIpc) is 2.45. The molecule has 0 fully saturated rings. The number of amides is 1. The highest BCUT2D eigenvalue weighted by atomic mass is 19.4. The molecule has 8 heteroatoms. The molecule has 0 bridgehead atoms. The summed E-state index contributed by atoms with van der Waals surface area (Å²) in [6.45, 7) is 6.07. The van der Waals surface area contributed by atoms with E-state index in [1.165, 1.54) is 4.90 Å². The second kappa shape index (κ2) is 6.17. The van der Waals surface area contributed by atoms with Gasteiger partial charge in [0.2, 0.25) is 0 Å².